The fraction of sp³-hybridized carbons (Fsp3) is 0.917. The minimum Gasteiger partial charge on any atom is -0.469 e. The molecule has 2 fully saturated rings. The van der Waals surface area contributed by atoms with Crippen LogP contribution in [-0.2, 0) is 19.0 Å². The lowest BCUT2D eigenvalue weighted by Gasteiger charge is -2.36. The molecular weight excluding hydrogens is 222 g/mol. The molecule has 1 N–H and O–H groups in total. The zero-order valence-electron chi connectivity index (χ0n) is 10.5. The Kier molecular flexibility index (Phi) is 4.01. The highest BCUT2D eigenvalue weighted by molar-refractivity contribution is 5.69. The van der Waals surface area contributed by atoms with E-state index in [1.54, 1.807) is 0 Å². The number of carbonyl (C=O) groups excluding carboxylic acids is 1. The van der Waals surface area contributed by atoms with E-state index in [2.05, 4.69) is 10.1 Å². The summed E-state index contributed by atoms with van der Waals surface area (Å²) in [5, 5.41) is 3.42. The molecule has 0 spiro atoms. The first kappa shape index (κ1) is 12.8. The second kappa shape index (κ2) is 5.33. The molecule has 5 heteroatoms. The maximum atomic E-state index is 11.2. The summed E-state index contributed by atoms with van der Waals surface area (Å²) in [5.41, 5.74) is 0. The summed E-state index contributed by atoms with van der Waals surface area (Å²) in [6, 6.07) is 0.221. The SMILES string of the molecule is COC(=O)CC1COC(C)(C2CCCCN2)O1. The van der Waals surface area contributed by atoms with E-state index in [9.17, 15) is 4.79 Å². The van der Waals surface area contributed by atoms with Crippen molar-refractivity contribution in [3.8, 4) is 0 Å². The topological polar surface area (TPSA) is 56.8 Å². The standard InChI is InChI=1S/C12H21NO4/c1-12(10-5-3-4-6-13-10)16-8-9(17-12)7-11(14)15-2/h9-10,13H,3-8H2,1-2H3. The van der Waals surface area contributed by atoms with E-state index in [0.717, 1.165) is 13.0 Å². The summed E-state index contributed by atoms with van der Waals surface area (Å²) in [5.74, 6) is -0.849. The number of esters is 1. The lowest BCUT2D eigenvalue weighted by atomic mass is 9.98. The molecule has 17 heavy (non-hydrogen) atoms. The predicted octanol–water partition coefficient (Wildman–Crippen LogP) is 0.823. The first-order chi connectivity index (χ1) is 8.14. The average Bonchev–Trinajstić information content (AvgIpc) is 2.73. The van der Waals surface area contributed by atoms with Crippen molar-refractivity contribution in [3.05, 3.63) is 0 Å². The van der Waals surface area contributed by atoms with Crippen LogP contribution in [0.4, 0.5) is 0 Å². The molecular formula is C12H21NO4. The van der Waals surface area contributed by atoms with Crippen molar-refractivity contribution < 1.29 is 19.0 Å². The van der Waals surface area contributed by atoms with E-state index >= 15 is 0 Å². The second-order valence-corrected chi connectivity index (χ2v) is 4.85. The van der Waals surface area contributed by atoms with Crippen LogP contribution in [0.3, 0.4) is 0 Å². The van der Waals surface area contributed by atoms with Crippen molar-refractivity contribution in [1.29, 1.82) is 0 Å². The Bertz CT molecular complexity index is 278. The number of methoxy groups -OCH3 is 1. The molecule has 0 aromatic rings. The Morgan fingerprint density at radius 1 is 1.53 bits per heavy atom. The molecule has 2 saturated heterocycles. The minimum atomic E-state index is -0.598. The third-order valence-corrected chi connectivity index (χ3v) is 3.52. The second-order valence-electron chi connectivity index (χ2n) is 4.85. The predicted molar refractivity (Wildman–Crippen MR) is 61.5 cm³/mol. The molecule has 3 unspecified atom stereocenters. The van der Waals surface area contributed by atoms with Gasteiger partial charge in [-0.25, -0.2) is 0 Å². The van der Waals surface area contributed by atoms with Crippen LogP contribution in [0.5, 0.6) is 0 Å². The molecule has 0 aromatic heterocycles. The van der Waals surface area contributed by atoms with Crippen LogP contribution >= 0.6 is 0 Å². The van der Waals surface area contributed by atoms with Gasteiger partial charge in [0.1, 0.15) is 0 Å². The third kappa shape index (κ3) is 2.97. The van der Waals surface area contributed by atoms with Crippen molar-refractivity contribution in [2.75, 3.05) is 20.3 Å². The molecule has 2 rings (SSSR count). The van der Waals surface area contributed by atoms with Crippen LogP contribution in [0, 0.1) is 0 Å². The van der Waals surface area contributed by atoms with Crippen molar-refractivity contribution in [3.63, 3.8) is 0 Å². The van der Waals surface area contributed by atoms with Gasteiger partial charge >= 0.3 is 5.97 Å². The summed E-state index contributed by atoms with van der Waals surface area (Å²) in [6.07, 6.45) is 3.54. The van der Waals surface area contributed by atoms with Gasteiger partial charge in [-0.1, -0.05) is 6.42 Å². The molecule has 0 aromatic carbocycles. The Morgan fingerprint density at radius 3 is 3.00 bits per heavy atom. The van der Waals surface area contributed by atoms with Crippen molar-refractivity contribution >= 4 is 5.97 Å². The molecule has 5 nitrogen and oxygen atoms in total. The number of hydrogen-bond donors (Lipinski definition) is 1. The largest absolute Gasteiger partial charge is 0.469 e. The maximum absolute atomic E-state index is 11.2. The van der Waals surface area contributed by atoms with E-state index in [-0.39, 0.29) is 24.5 Å². The van der Waals surface area contributed by atoms with Crippen LogP contribution in [0.25, 0.3) is 0 Å². The number of piperidine rings is 1. The van der Waals surface area contributed by atoms with Gasteiger partial charge in [0.05, 0.1) is 32.3 Å². The van der Waals surface area contributed by atoms with Gasteiger partial charge in [0, 0.05) is 0 Å². The molecule has 2 aliphatic heterocycles. The number of nitrogens with one attached hydrogen (secondary N) is 1. The summed E-state index contributed by atoms with van der Waals surface area (Å²) < 4.78 is 16.3. The zero-order chi connectivity index (χ0) is 12.3. The van der Waals surface area contributed by atoms with Gasteiger partial charge in [0.15, 0.2) is 5.79 Å². The van der Waals surface area contributed by atoms with Crippen LogP contribution in [0.1, 0.15) is 32.6 Å². The highest BCUT2D eigenvalue weighted by Crippen LogP contribution is 2.31. The van der Waals surface area contributed by atoms with Crippen molar-refractivity contribution in [2.45, 2.75) is 50.5 Å². The van der Waals surface area contributed by atoms with Gasteiger partial charge in [0.25, 0.3) is 0 Å². The lowest BCUT2D eigenvalue weighted by Crippen LogP contribution is -2.52. The summed E-state index contributed by atoms with van der Waals surface area (Å²) in [4.78, 5) is 11.2. The van der Waals surface area contributed by atoms with Crippen molar-refractivity contribution in [2.24, 2.45) is 0 Å². The molecule has 0 radical (unpaired) electrons. The molecule has 0 bridgehead atoms. The fourth-order valence-corrected chi connectivity index (χ4v) is 2.51. The normalized spacial score (nSPS) is 38.0. The van der Waals surface area contributed by atoms with Crippen LogP contribution in [0.15, 0.2) is 0 Å². The number of ether oxygens (including phenoxy) is 3. The van der Waals surface area contributed by atoms with E-state index in [1.165, 1.54) is 20.0 Å². The average molecular weight is 243 g/mol. The van der Waals surface area contributed by atoms with Crippen molar-refractivity contribution in [1.82, 2.24) is 5.32 Å². The molecule has 98 valence electrons. The molecule has 0 aliphatic carbocycles. The summed E-state index contributed by atoms with van der Waals surface area (Å²) in [7, 11) is 1.39. The quantitative estimate of drug-likeness (QED) is 0.744. The van der Waals surface area contributed by atoms with Gasteiger partial charge in [-0.3, -0.25) is 4.79 Å². The molecule has 0 amide bonds. The Morgan fingerprint density at radius 2 is 2.35 bits per heavy atom. The molecule has 2 aliphatic rings. The number of rotatable bonds is 3. The highest BCUT2D eigenvalue weighted by atomic mass is 16.7. The zero-order valence-corrected chi connectivity index (χ0v) is 10.5. The van der Waals surface area contributed by atoms with Gasteiger partial charge in [-0.05, 0) is 26.3 Å². The molecule has 0 saturated carbocycles. The fourth-order valence-electron chi connectivity index (χ4n) is 2.51. The van der Waals surface area contributed by atoms with Crippen LogP contribution in [0.2, 0.25) is 0 Å². The smallest absolute Gasteiger partial charge is 0.308 e. The summed E-state index contributed by atoms with van der Waals surface area (Å²) >= 11 is 0. The van der Waals surface area contributed by atoms with E-state index < -0.39 is 5.79 Å². The van der Waals surface area contributed by atoms with Gasteiger partial charge in [-0.15, -0.1) is 0 Å². The minimum absolute atomic E-state index is 0.184. The number of carbonyl (C=O) groups is 1. The Labute approximate surface area is 102 Å². The van der Waals surface area contributed by atoms with Gasteiger partial charge in [0.2, 0.25) is 0 Å². The number of hydrogen-bond acceptors (Lipinski definition) is 5. The third-order valence-electron chi connectivity index (χ3n) is 3.52. The molecule has 3 atom stereocenters. The van der Waals surface area contributed by atoms with E-state index in [4.69, 9.17) is 9.47 Å². The summed E-state index contributed by atoms with van der Waals surface area (Å²) in [6.45, 7) is 3.42. The van der Waals surface area contributed by atoms with Crippen LogP contribution < -0.4 is 5.32 Å². The van der Waals surface area contributed by atoms with E-state index in [0.29, 0.717) is 6.61 Å². The highest BCUT2D eigenvalue weighted by Gasteiger charge is 2.44. The monoisotopic (exact) mass is 243 g/mol. The Hall–Kier alpha value is -0.650. The molecule has 2 heterocycles. The van der Waals surface area contributed by atoms with E-state index in [1.807, 2.05) is 6.92 Å². The first-order valence-corrected chi connectivity index (χ1v) is 6.26. The maximum Gasteiger partial charge on any atom is 0.308 e. The first-order valence-electron chi connectivity index (χ1n) is 6.26. The lowest BCUT2D eigenvalue weighted by molar-refractivity contribution is -0.181. The van der Waals surface area contributed by atoms with Crippen LogP contribution in [-0.4, -0.2) is 44.2 Å². The van der Waals surface area contributed by atoms with Gasteiger partial charge < -0.3 is 19.5 Å². The van der Waals surface area contributed by atoms with Gasteiger partial charge in [-0.2, -0.15) is 0 Å². The Balaban J connectivity index is 1.88.